The summed E-state index contributed by atoms with van der Waals surface area (Å²) in [5.41, 5.74) is 13.6. The van der Waals surface area contributed by atoms with Gasteiger partial charge in [-0.15, -0.1) is 0 Å². The lowest BCUT2D eigenvalue weighted by Crippen LogP contribution is -2.50. The van der Waals surface area contributed by atoms with Crippen LogP contribution in [0.5, 0.6) is 0 Å². The highest BCUT2D eigenvalue weighted by molar-refractivity contribution is 5.76. The van der Waals surface area contributed by atoms with Gasteiger partial charge in [0.25, 0.3) is 0 Å². The van der Waals surface area contributed by atoms with E-state index in [0.717, 1.165) is 33.6 Å². The predicted molar refractivity (Wildman–Crippen MR) is 154 cm³/mol. The van der Waals surface area contributed by atoms with Crippen LogP contribution in [0.25, 0.3) is 0 Å². The van der Waals surface area contributed by atoms with Crippen LogP contribution in [-0.4, -0.2) is 50.3 Å². The third-order valence-corrected chi connectivity index (χ3v) is 7.69. The number of urea groups is 1. The van der Waals surface area contributed by atoms with E-state index in [9.17, 15) is 15.0 Å². The first-order valence-electron chi connectivity index (χ1n) is 13.7. The molecule has 7 nitrogen and oxygen atoms in total. The first-order valence-corrected chi connectivity index (χ1v) is 13.7. The smallest absolute Gasteiger partial charge is 0.321 e. The van der Waals surface area contributed by atoms with Crippen LogP contribution < -0.4 is 11.5 Å². The van der Waals surface area contributed by atoms with E-state index < -0.39 is 24.3 Å². The average Bonchev–Trinajstić information content (AvgIpc) is 3.02. The van der Waals surface area contributed by atoms with Gasteiger partial charge in [-0.1, -0.05) is 84.9 Å². The lowest BCUT2D eigenvalue weighted by molar-refractivity contribution is -0.255. The molecule has 4 atom stereocenters. The van der Waals surface area contributed by atoms with E-state index >= 15 is 0 Å². The molecule has 7 heteroatoms. The second-order valence-electron chi connectivity index (χ2n) is 10.7. The monoisotopic (exact) mass is 538 g/mol. The molecule has 1 fully saturated rings. The summed E-state index contributed by atoms with van der Waals surface area (Å²) in [7, 11) is 0. The molecule has 0 spiro atoms. The Balaban J connectivity index is 1.59. The third kappa shape index (κ3) is 6.41. The number of carbonyl (C=O) groups is 1. The maximum atomic E-state index is 14.6. The summed E-state index contributed by atoms with van der Waals surface area (Å²) >= 11 is 0. The summed E-state index contributed by atoms with van der Waals surface area (Å²) in [6.07, 6.45) is -1.50. The molecule has 4 aromatic carbocycles. The first kappa shape index (κ1) is 27.6. The molecule has 2 amide bonds. The number of benzene rings is 4. The van der Waals surface area contributed by atoms with E-state index in [1.807, 2.05) is 109 Å². The molecule has 0 aromatic heterocycles. The van der Waals surface area contributed by atoms with Gasteiger partial charge in [0, 0.05) is 25.2 Å². The molecule has 0 saturated carbocycles. The highest BCUT2D eigenvalue weighted by Gasteiger charge is 2.46. The van der Waals surface area contributed by atoms with E-state index in [4.69, 9.17) is 0 Å². The van der Waals surface area contributed by atoms with Gasteiger partial charge in [-0.3, -0.25) is 0 Å². The second kappa shape index (κ2) is 12.4. The van der Waals surface area contributed by atoms with Gasteiger partial charge in [0.05, 0.1) is 12.1 Å². The minimum Gasteiger partial charge on any atom is -0.388 e. The molecule has 1 saturated heterocycles. The number of amides is 2. The molecule has 1 heterocycles. The van der Waals surface area contributed by atoms with Gasteiger partial charge in [-0.2, -0.15) is 0 Å². The third-order valence-electron chi connectivity index (χ3n) is 7.69. The minimum atomic E-state index is -1.16. The van der Waals surface area contributed by atoms with Crippen molar-refractivity contribution in [2.24, 2.45) is 0 Å². The molecule has 206 valence electrons. The average molecular weight is 539 g/mol. The van der Waals surface area contributed by atoms with Crippen molar-refractivity contribution in [2.75, 3.05) is 0 Å². The molecule has 0 aliphatic carbocycles. The van der Waals surface area contributed by atoms with E-state index in [-0.39, 0.29) is 19.1 Å². The Kier molecular flexibility index (Phi) is 8.57. The minimum absolute atomic E-state index is 0.221. The van der Waals surface area contributed by atoms with Crippen LogP contribution in [0, 0.1) is 0 Å². The zero-order valence-electron chi connectivity index (χ0n) is 22.6. The van der Waals surface area contributed by atoms with Crippen LogP contribution >= 0.6 is 0 Å². The molecule has 5 rings (SSSR count). The Hall–Kier alpha value is -4.01. The highest BCUT2D eigenvalue weighted by Crippen LogP contribution is 2.30. The van der Waals surface area contributed by atoms with Gasteiger partial charge in [0.1, 0.15) is 23.6 Å². The van der Waals surface area contributed by atoms with Crippen LogP contribution in [0.15, 0.2) is 109 Å². The number of rotatable bonds is 8. The van der Waals surface area contributed by atoms with Crippen molar-refractivity contribution in [1.29, 1.82) is 0 Å². The molecular weight excluding hydrogens is 500 g/mol. The lowest BCUT2D eigenvalue weighted by atomic mass is 9.91. The van der Waals surface area contributed by atoms with Crippen molar-refractivity contribution in [3.05, 3.63) is 131 Å². The predicted octanol–water partition coefficient (Wildman–Crippen LogP) is 2.82. The molecule has 1 aliphatic heterocycles. The number of aliphatic hydroxyl groups is 2. The highest BCUT2D eigenvalue weighted by atomic mass is 16.3. The standard InChI is InChI=1S/C33H36N4O3/c34-27-15-7-13-25(17-27)21-36-29(19-23-9-3-1-4-10-23)31(38)32(39)30(20-24-11-5-2-6-12-24)37(33(36)40)22-26-14-8-16-28(35)18-26/h1-18,29-32,38-39H,19-22,34-35H2/p+2/t29-,30-,31+,32+/m1/s1. The first-order chi connectivity index (χ1) is 19.4. The normalized spacial score (nSPS) is 21.4. The number of aliphatic hydroxyl groups excluding tert-OH is 2. The Labute approximate surface area is 235 Å². The van der Waals surface area contributed by atoms with Crippen molar-refractivity contribution >= 4 is 17.4 Å². The van der Waals surface area contributed by atoms with E-state index in [0.29, 0.717) is 12.8 Å². The van der Waals surface area contributed by atoms with Crippen LogP contribution in [0.4, 0.5) is 16.2 Å². The van der Waals surface area contributed by atoms with Crippen molar-refractivity contribution in [2.45, 2.75) is 50.2 Å². The molecule has 8 N–H and O–H groups in total. The maximum Gasteiger partial charge on any atom is 0.321 e. The zero-order chi connectivity index (χ0) is 28.1. The molecular formula is C33H38N4O3+2. The lowest BCUT2D eigenvalue weighted by Gasteiger charge is -2.35. The van der Waals surface area contributed by atoms with E-state index in [1.165, 1.54) is 0 Å². The number of hydrogen-bond acceptors (Lipinski definition) is 3. The Morgan fingerprint density at radius 1 is 0.550 bits per heavy atom. The molecule has 0 bridgehead atoms. The fourth-order valence-corrected chi connectivity index (χ4v) is 5.66. The number of quaternary nitrogens is 2. The second-order valence-corrected chi connectivity index (χ2v) is 10.7. The van der Waals surface area contributed by atoms with Gasteiger partial charge in [0.2, 0.25) is 0 Å². The van der Waals surface area contributed by atoms with E-state index in [2.05, 4.69) is 11.5 Å². The molecule has 0 radical (unpaired) electrons. The summed E-state index contributed by atoms with van der Waals surface area (Å²) < 4.78 is 0. The molecule has 40 heavy (non-hydrogen) atoms. The van der Waals surface area contributed by atoms with Gasteiger partial charge >= 0.3 is 6.03 Å². The summed E-state index contributed by atoms with van der Waals surface area (Å²) in [5.74, 6) is 0. The Morgan fingerprint density at radius 2 is 0.925 bits per heavy atom. The van der Waals surface area contributed by atoms with Crippen LogP contribution in [0.3, 0.4) is 0 Å². The summed E-state index contributed by atoms with van der Waals surface area (Å²) in [4.78, 5) is 18.1. The van der Waals surface area contributed by atoms with Gasteiger partial charge in [-0.05, 0) is 47.2 Å². The SMILES string of the molecule is [NH3+]c1cccc(CN2C(=O)N(Cc3cccc([NH3+])c3)[C@H](Cc3ccccc3)[C@H](O)[C@@H](O)[C@H]2Cc2ccccc2)c1. The van der Waals surface area contributed by atoms with Crippen LogP contribution in [0.2, 0.25) is 0 Å². The van der Waals surface area contributed by atoms with Crippen LogP contribution in [0.1, 0.15) is 22.3 Å². The Bertz CT molecular complexity index is 1310. The van der Waals surface area contributed by atoms with Crippen molar-refractivity contribution in [1.82, 2.24) is 9.80 Å². The number of carbonyl (C=O) groups excluding carboxylic acids is 1. The number of nitrogens with zero attached hydrogens (tertiary/aromatic N) is 2. The Morgan fingerprint density at radius 3 is 1.30 bits per heavy atom. The quantitative estimate of drug-likeness (QED) is 0.276. The topological polar surface area (TPSA) is 119 Å². The fourth-order valence-electron chi connectivity index (χ4n) is 5.66. The molecule has 0 unspecified atom stereocenters. The molecule has 4 aromatic rings. The largest absolute Gasteiger partial charge is 0.388 e. The summed E-state index contributed by atoms with van der Waals surface area (Å²) in [6.45, 7) is 0.570. The summed E-state index contributed by atoms with van der Waals surface area (Å²) in [5, 5.41) is 23.6. The van der Waals surface area contributed by atoms with Crippen molar-refractivity contribution in [3.63, 3.8) is 0 Å². The van der Waals surface area contributed by atoms with Crippen molar-refractivity contribution < 1.29 is 26.5 Å². The number of hydrogen-bond donors (Lipinski definition) is 4. The maximum absolute atomic E-state index is 14.6. The van der Waals surface area contributed by atoms with Crippen molar-refractivity contribution in [3.8, 4) is 0 Å². The zero-order valence-corrected chi connectivity index (χ0v) is 22.6. The summed E-state index contributed by atoms with van der Waals surface area (Å²) in [6, 6.07) is 33.7. The van der Waals surface area contributed by atoms with Gasteiger partial charge < -0.3 is 31.5 Å². The fraction of sp³-hybridized carbons (Fsp3) is 0.242. The van der Waals surface area contributed by atoms with E-state index in [1.54, 1.807) is 9.80 Å². The van der Waals surface area contributed by atoms with Gasteiger partial charge in [-0.25, -0.2) is 4.79 Å². The van der Waals surface area contributed by atoms with Gasteiger partial charge in [0.15, 0.2) is 0 Å². The molecule has 1 aliphatic rings. The van der Waals surface area contributed by atoms with Crippen LogP contribution in [-0.2, 0) is 25.9 Å².